The van der Waals surface area contributed by atoms with Gasteiger partial charge in [-0.2, -0.15) is 0 Å². The molecule has 0 amide bonds. The lowest BCUT2D eigenvalue weighted by Crippen LogP contribution is -2.10. The molecule has 0 aromatic carbocycles. The number of ketones is 4. The lowest BCUT2D eigenvalue weighted by Gasteiger charge is -2.07. The van der Waals surface area contributed by atoms with Gasteiger partial charge in [-0.1, -0.05) is 6.92 Å². The summed E-state index contributed by atoms with van der Waals surface area (Å²) in [4.78, 5) is 44.7. The molecular formula is C15H24O4. The molecule has 0 aliphatic carbocycles. The van der Waals surface area contributed by atoms with E-state index in [1.807, 2.05) is 6.92 Å². The number of carbonyl (C=O) groups excluding carboxylic acids is 4. The zero-order valence-corrected chi connectivity index (χ0v) is 12.2. The Morgan fingerprint density at radius 1 is 0.737 bits per heavy atom. The van der Waals surface area contributed by atoms with Crippen LogP contribution in [0.4, 0.5) is 0 Å². The van der Waals surface area contributed by atoms with Crippen molar-refractivity contribution >= 4 is 23.1 Å². The molecule has 0 aromatic heterocycles. The van der Waals surface area contributed by atoms with E-state index in [9.17, 15) is 19.2 Å². The number of carbonyl (C=O) groups is 4. The van der Waals surface area contributed by atoms with E-state index in [-0.39, 0.29) is 41.9 Å². The average Bonchev–Trinajstić information content (AvgIpc) is 2.24. The van der Waals surface area contributed by atoms with Gasteiger partial charge in [-0.25, -0.2) is 0 Å². The Balaban J connectivity index is 3.74. The van der Waals surface area contributed by atoms with E-state index in [2.05, 4.69) is 0 Å². The molecule has 4 nitrogen and oxygen atoms in total. The SMILES string of the molecule is CC(=O)CCCC(=O)CCC(=O)CC(C)CC(C)=O. The van der Waals surface area contributed by atoms with Gasteiger partial charge in [0.25, 0.3) is 0 Å². The predicted octanol–water partition coefficient (Wildman–Crippen LogP) is 2.67. The van der Waals surface area contributed by atoms with Crippen LogP contribution in [0.25, 0.3) is 0 Å². The van der Waals surface area contributed by atoms with Gasteiger partial charge < -0.3 is 9.59 Å². The van der Waals surface area contributed by atoms with Gasteiger partial charge in [0.15, 0.2) is 0 Å². The van der Waals surface area contributed by atoms with Gasteiger partial charge >= 0.3 is 0 Å². The lowest BCUT2D eigenvalue weighted by atomic mass is 9.96. The zero-order chi connectivity index (χ0) is 14.8. The molecule has 0 aromatic rings. The Hall–Kier alpha value is -1.32. The van der Waals surface area contributed by atoms with Crippen LogP contribution in [0.2, 0.25) is 0 Å². The third-order valence-corrected chi connectivity index (χ3v) is 2.88. The van der Waals surface area contributed by atoms with E-state index in [1.165, 1.54) is 13.8 Å². The monoisotopic (exact) mass is 268 g/mol. The van der Waals surface area contributed by atoms with Gasteiger partial charge in [0, 0.05) is 38.5 Å². The van der Waals surface area contributed by atoms with Crippen LogP contribution in [0.1, 0.15) is 65.7 Å². The first-order chi connectivity index (χ1) is 8.81. The van der Waals surface area contributed by atoms with Crippen molar-refractivity contribution in [1.29, 1.82) is 0 Å². The van der Waals surface area contributed by atoms with Gasteiger partial charge in [-0.15, -0.1) is 0 Å². The van der Waals surface area contributed by atoms with Crippen molar-refractivity contribution in [1.82, 2.24) is 0 Å². The summed E-state index contributed by atoms with van der Waals surface area (Å²) in [7, 11) is 0. The Kier molecular flexibility index (Phi) is 8.92. The summed E-state index contributed by atoms with van der Waals surface area (Å²) in [5.74, 6) is 0.294. The summed E-state index contributed by atoms with van der Waals surface area (Å²) < 4.78 is 0. The quantitative estimate of drug-likeness (QED) is 0.577. The van der Waals surface area contributed by atoms with Crippen molar-refractivity contribution in [2.24, 2.45) is 5.92 Å². The van der Waals surface area contributed by atoms with E-state index < -0.39 is 0 Å². The molecule has 0 aliphatic rings. The fourth-order valence-corrected chi connectivity index (χ4v) is 1.99. The maximum atomic E-state index is 11.6. The minimum atomic E-state index is 0.0358. The number of hydrogen-bond acceptors (Lipinski definition) is 4. The predicted molar refractivity (Wildman–Crippen MR) is 72.9 cm³/mol. The Bertz CT molecular complexity index is 344. The van der Waals surface area contributed by atoms with E-state index >= 15 is 0 Å². The molecule has 0 radical (unpaired) electrons. The van der Waals surface area contributed by atoms with Crippen molar-refractivity contribution in [2.45, 2.75) is 65.7 Å². The van der Waals surface area contributed by atoms with E-state index in [0.29, 0.717) is 32.1 Å². The van der Waals surface area contributed by atoms with Gasteiger partial charge in [0.05, 0.1) is 0 Å². The van der Waals surface area contributed by atoms with Crippen molar-refractivity contribution in [3.05, 3.63) is 0 Å². The molecule has 108 valence electrons. The van der Waals surface area contributed by atoms with E-state index in [4.69, 9.17) is 0 Å². The molecule has 0 bridgehead atoms. The van der Waals surface area contributed by atoms with Gasteiger partial charge in [-0.3, -0.25) is 9.59 Å². The highest BCUT2D eigenvalue weighted by molar-refractivity contribution is 5.86. The topological polar surface area (TPSA) is 68.3 Å². The van der Waals surface area contributed by atoms with Crippen LogP contribution in [-0.2, 0) is 19.2 Å². The number of Topliss-reactive ketones (excluding diaryl/α,β-unsaturated/α-hetero) is 4. The van der Waals surface area contributed by atoms with E-state index in [0.717, 1.165) is 0 Å². The first-order valence-corrected chi connectivity index (χ1v) is 6.83. The van der Waals surface area contributed by atoms with Crippen molar-refractivity contribution in [2.75, 3.05) is 0 Å². The normalized spacial score (nSPS) is 11.9. The Labute approximate surface area is 114 Å². The molecule has 0 saturated heterocycles. The van der Waals surface area contributed by atoms with Crippen molar-refractivity contribution < 1.29 is 19.2 Å². The lowest BCUT2D eigenvalue weighted by molar-refractivity contribution is -0.125. The average molecular weight is 268 g/mol. The van der Waals surface area contributed by atoms with Crippen LogP contribution in [0.5, 0.6) is 0 Å². The molecule has 0 heterocycles. The highest BCUT2D eigenvalue weighted by Gasteiger charge is 2.12. The maximum absolute atomic E-state index is 11.6. The Morgan fingerprint density at radius 3 is 1.84 bits per heavy atom. The summed E-state index contributed by atoms with van der Waals surface area (Å²) in [5.41, 5.74) is 0. The highest BCUT2D eigenvalue weighted by atomic mass is 16.1. The molecule has 1 unspecified atom stereocenters. The second-order valence-electron chi connectivity index (χ2n) is 5.35. The molecular weight excluding hydrogens is 244 g/mol. The van der Waals surface area contributed by atoms with Crippen LogP contribution < -0.4 is 0 Å². The summed E-state index contributed by atoms with van der Waals surface area (Å²) in [6, 6.07) is 0. The summed E-state index contributed by atoms with van der Waals surface area (Å²) >= 11 is 0. The molecule has 1 atom stereocenters. The Morgan fingerprint density at radius 2 is 1.32 bits per heavy atom. The highest BCUT2D eigenvalue weighted by Crippen LogP contribution is 2.11. The zero-order valence-electron chi connectivity index (χ0n) is 12.2. The van der Waals surface area contributed by atoms with Crippen LogP contribution in [0.15, 0.2) is 0 Å². The third-order valence-electron chi connectivity index (χ3n) is 2.88. The second kappa shape index (κ2) is 9.59. The summed E-state index contributed by atoms with van der Waals surface area (Å²) in [5, 5.41) is 0. The first kappa shape index (κ1) is 17.7. The molecule has 0 N–H and O–H groups in total. The standard InChI is InChI=1S/C15H24O4/c1-11(9-13(3)17)10-15(19)8-7-14(18)6-4-5-12(2)16/h11H,4-10H2,1-3H3. The van der Waals surface area contributed by atoms with Crippen LogP contribution in [0.3, 0.4) is 0 Å². The largest absolute Gasteiger partial charge is 0.300 e. The fourth-order valence-electron chi connectivity index (χ4n) is 1.99. The van der Waals surface area contributed by atoms with Crippen LogP contribution in [-0.4, -0.2) is 23.1 Å². The summed E-state index contributed by atoms with van der Waals surface area (Å²) in [6.07, 6.45) is 2.65. The fraction of sp³-hybridized carbons (Fsp3) is 0.733. The number of hydrogen-bond donors (Lipinski definition) is 0. The van der Waals surface area contributed by atoms with Gasteiger partial charge in [0.1, 0.15) is 23.1 Å². The van der Waals surface area contributed by atoms with Crippen molar-refractivity contribution in [3.63, 3.8) is 0 Å². The minimum absolute atomic E-state index is 0.0358. The van der Waals surface area contributed by atoms with E-state index in [1.54, 1.807) is 0 Å². The molecule has 0 saturated carbocycles. The molecule has 0 aliphatic heterocycles. The summed E-state index contributed by atoms with van der Waals surface area (Å²) in [6.45, 7) is 4.89. The molecule has 0 fully saturated rings. The molecule has 4 heteroatoms. The molecule has 0 rings (SSSR count). The molecule has 19 heavy (non-hydrogen) atoms. The molecule has 0 spiro atoms. The second-order valence-corrected chi connectivity index (χ2v) is 5.35. The van der Waals surface area contributed by atoms with Gasteiger partial charge in [0.2, 0.25) is 0 Å². The van der Waals surface area contributed by atoms with Crippen LogP contribution >= 0.6 is 0 Å². The minimum Gasteiger partial charge on any atom is -0.300 e. The maximum Gasteiger partial charge on any atom is 0.133 e. The van der Waals surface area contributed by atoms with Crippen LogP contribution in [0, 0.1) is 5.92 Å². The smallest absolute Gasteiger partial charge is 0.133 e. The number of rotatable bonds is 11. The third kappa shape index (κ3) is 11.5. The van der Waals surface area contributed by atoms with Crippen molar-refractivity contribution in [3.8, 4) is 0 Å². The van der Waals surface area contributed by atoms with Gasteiger partial charge in [-0.05, 0) is 26.2 Å². The first-order valence-electron chi connectivity index (χ1n) is 6.83.